The smallest absolute Gasteiger partial charge is 0.215 e. The molecule has 0 rings (SSSR count). The van der Waals surface area contributed by atoms with E-state index >= 15 is 0 Å². The maximum absolute atomic E-state index is 11.7. The minimum Gasteiger partial charge on any atom is -0.316 e. The third kappa shape index (κ3) is 6.87. The van der Waals surface area contributed by atoms with Gasteiger partial charge in [-0.25, -0.2) is 12.7 Å². The van der Waals surface area contributed by atoms with Crippen LogP contribution in [0.4, 0.5) is 0 Å². The van der Waals surface area contributed by atoms with E-state index in [2.05, 4.69) is 12.2 Å². The minimum atomic E-state index is -3.06. The average molecular weight is 236 g/mol. The summed E-state index contributed by atoms with van der Waals surface area (Å²) in [5.74, 6) is 0.560. The van der Waals surface area contributed by atoms with Crippen LogP contribution in [0.25, 0.3) is 0 Å². The summed E-state index contributed by atoms with van der Waals surface area (Å²) in [6.07, 6.45) is 1.03. The molecule has 0 aliphatic heterocycles. The first-order chi connectivity index (χ1) is 6.90. The average Bonchev–Trinajstić information content (AvgIpc) is 2.11. The van der Waals surface area contributed by atoms with Gasteiger partial charge in [0.25, 0.3) is 0 Å². The van der Waals surface area contributed by atoms with Crippen LogP contribution in [0.15, 0.2) is 0 Å². The molecule has 5 heteroatoms. The number of nitrogens with zero attached hydrogens (tertiary/aromatic N) is 1. The highest BCUT2D eigenvalue weighted by molar-refractivity contribution is 7.89. The molecular weight excluding hydrogens is 212 g/mol. The molecule has 0 heterocycles. The van der Waals surface area contributed by atoms with Crippen LogP contribution in [-0.4, -0.2) is 45.2 Å². The van der Waals surface area contributed by atoms with E-state index in [0.29, 0.717) is 19.0 Å². The molecular formula is C10H24N2O2S. The molecule has 92 valence electrons. The molecule has 1 N–H and O–H groups in total. The van der Waals surface area contributed by atoms with Crippen molar-refractivity contribution in [2.75, 3.05) is 32.4 Å². The Morgan fingerprint density at radius 3 is 2.33 bits per heavy atom. The van der Waals surface area contributed by atoms with Crippen LogP contribution < -0.4 is 5.32 Å². The van der Waals surface area contributed by atoms with Crippen molar-refractivity contribution in [1.82, 2.24) is 9.62 Å². The maximum atomic E-state index is 11.7. The highest BCUT2D eigenvalue weighted by Gasteiger charge is 2.17. The summed E-state index contributed by atoms with van der Waals surface area (Å²) in [5.41, 5.74) is 0. The molecule has 0 unspecified atom stereocenters. The molecule has 0 aromatic heterocycles. The molecule has 0 radical (unpaired) electrons. The number of nitrogens with one attached hydrogen (secondary N) is 1. The second kappa shape index (κ2) is 7.19. The van der Waals surface area contributed by atoms with Gasteiger partial charge in [0, 0.05) is 20.1 Å². The number of rotatable bonds is 8. The van der Waals surface area contributed by atoms with Gasteiger partial charge in [0.15, 0.2) is 0 Å². The van der Waals surface area contributed by atoms with Gasteiger partial charge in [-0.05, 0) is 18.9 Å². The molecule has 0 fully saturated rings. The molecule has 0 atom stereocenters. The van der Waals surface area contributed by atoms with Crippen molar-refractivity contribution in [2.45, 2.75) is 27.2 Å². The standard InChI is InChI=1S/C10H24N2O2S/c1-5-6-11-7-8-15(13,14)12(4)9-10(2)3/h10-11H,5-9H2,1-4H3. The molecule has 0 aliphatic carbocycles. The Bertz CT molecular complexity index is 250. The monoisotopic (exact) mass is 236 g/mol. The summed E-state index contributed by atoms with van der Waals surface area (Å²) in [4.78, 5) is 0. The number of hydrogen-bond donors (Lipinski definition) is 1. The van der Waals surface area contributed by atoms with Gasteiger partial charge in [-0.15, -0.1) is 0 Å². The molecule has 0 aliphatic rings. The quantitative estimate of drug-likeness (QED) is 0.637. The van der Waals surface area contributed by atoms with Crippen LogP contribution >= 0.6 is 0 Å². The van der Waals surface area contributed by atoms with E-state index < -0.39 is 10.0 Å². The summed E-state index contributed by atoms with van der Waals surface area (Å²) in [6.45, 7) is 8.10. The lowest BCUT2D eigenvalue weighted by molar-refractivity contribution is 0.416. The van der Waals surface area contributed by atoms with Gasteiger partial charge in [-0.2, -0.15) is 0 Å². The largest absolute Gasteiger partial charge is 0.316 e. The van der Waals surface area contributed by atoms with Crippen LogP contribution in [-0.2, 0) is 10.0 Å². The third-order valence-corrected chi connectivity index (χ3v) is 3.88. The summed E-state index contributed by atoms with van der Waals surface area (Å²) in [5, 5.41) is 3.09. The Kier molecular flexibility index (Phi) is 7.13. The SMILES string of the molecule is CCCNCCS(=O)(=O)N(C)CC(C)C. The Hall–Kier alpha value is -0.130. The van der Waals surface area contributed by atoms with Crippen LogP contribution in [0, 0.1) is 5.92 Å². The molecule has 0 bridgehead atoms. The van der Waals surface area contributed by atoms with Crippen LogP contribution in [0.2, 0.25) is 0 Å². The van der Waals surface area contributed by atoms with Crippen molar-refractivity contribution in [3.63, 3.8) is 0 Å². The zero-order valence-corrected chi connectivity index (χ0v) is 11.1. The van der Waals surface area contributed by atoms with E-state index in [-0.39, 0.29) is 5.75 Å². The lowest BCUT2D eigenvalue weighted by atomic mass is 10.2. The topological polar surface area (TPSA) is 49.4 Å². The highest BCUT2D eigenvalue weighted by atomic mass is 32.2. The van der Waals surface area contributed by atoms with E-state index in [0.717, 1.165) is 13.0 Å². The van der Waals surface area contributed by atoms with E-state index in [9.17, 15) is 8.42 Å². The lowest BCUT2D eigenvalue weighted by Crippen LogP contribution is -2.35. The van der Waals surface area contributed by atoms with Crippen molar-refractivity contribution in [1.29, 1.82) is 0 Å². The number of sulfonamides is 1. The summed E-state index contributed by atoms with van der Waals surface area (Å²) >= 11 is 0. The minimum absolute atomic E-state index is 0.191. The first kappa shape index (κ1) is 14.9. The fourth-order valence-electron chi connectivity index (χ4n) is 1.29. The Labute approximate surface area is 94.1 Å². The fourth-order valence-corrected chi connectivity index (χ4v) is 2.53. The molecule has 0 saturated heterocycles. The molecule has 15 heavy (non-hydrogen) atoms. The van der Waals surface area contributed by atoms with E-state index in [1.54, 1.807) is 7.05 Å². The summed E-state index contributed by atoms with van der Waals surface area (Å²) in [7, 11) is -1.42. The molecule has 0 amide bonds. The van der Waals surface area contributed by atoms with Crippen LogP contribution in [0.3, 0.4) is 0 Å². The number of hydrogen-bond acceptors (Lipinski definition) is 3. The van der Waals surface area contributed by atoms with E-state index in [1.165, 1.54) is 4.31 Å². The molecule has 0 aromatic rings. The predicted octanol–water partition coefficient (Wildman–Crippen LogP) is 0.904. The van der Waals surface area contributed by atoms with Gasteiger partial charge in [0.1, 0.15) is 0 Å². The molecule has 0 aromatic carbocycles. The highest BCUT2D eigenvalue weighted by Crippen LogP contribution is 2.02. The van der Waals surface area contributed by atoms with Gasteiger partial charge < -0.3 is 5.32 Å². The van der Waals surface area contributed by atoms with Gasteiger partial charge in [-0.1, -0.05) is 20.8 Å². The van der Waals surface area contributed by atoms with E-state index in [1.807, 2.05) is 13.8 Å². The second-order valence-electron chi connectivity index (χ2n) is 4.24. The van der Waals surface area contributed by atoms with Gasteiger partial charge in [0.05, 0.1) is 5.75 Å². The molecule has 4 nitrogen and oxygen atoms in total. The van der Waals surface area contributed by atoms with Gasteiger partial charge >= 0.3 is 0 Å². The lowest BCUT2D eigenvalue weighted by Gasteiger charge is -2.19. The Balaban J connectivity index is 3.95. The zero-order valence-electron chi connectivity index (χ0n) is 10.3. The van der Waals surface area contributed by atoms with Crippen molar-refractivity contribution >= 4 is 10.0 Å². The second-order valence-corrected chi connectivity index (χ2v) is 6.44. The molecule has 0 saturated carbocycles. The normalized spacial score (nSPS) is 12.7. The van der Waals surface area contributed by atoms with Crippen molar-refractivity contribution < 1.29 is 8.42 Å². The van der Waals surface area contributed by atoms with Crippen molar-refractivity contribution in [3.8, 4) is 0 Å². The zero-order chi connectivity index (χ0) is 11.9. The Morgan fingerprint density at radius 1 is 1.27 bits per heavy atom. The Morgan fingerprint density at radius 2 is 1.87 bits per heavy atom. The van der Waals surface area contributed by atoms with E-state index in [4.69, 9.17) is 0 Å². The van der Waals surface area contributed by atoms with Crippen molar-refractivity contribution in [3.05, 3.63) is 0 Å². The predicted molar refractivity (Wildman–Crippen MR) is 64.4 cm³/mol. The summed E-state index contributed by atoms with van der Waals surface area (Å²) in [6, 6.07) is 0. The van der Waals surface area contributed by atoms with Crippen molar-refractivity contribution in [2.24, 2.45) is 5.92 Å². The summed E-state index contributed by atoms with van der Waals surface area (Å²) < 4.78 is 24.9. The third-order valence-electron chi connectivity index (χ3n) is 2.06. The first-order valence-corrected chi connectivity index (χ1v) is 7.15. The van der Waals surface area contributed by atoms with Gasteiger partial charge in [-0.3, -0.25) is 0 Å². The van der Waals surface area contributed by atoms with Crippen LogP contribution in [0.1, 0.15) is 27.2 Å². The van der Waals surface area contributed by atoms with Crippen LogP contribution in [0.5, 0.6) is 0 Å². The molecule has 0 spiro atoms. The fraction of sp³-hybridized carbons (Fsp3) is 1.00. The maximum Gasteiger partial charge on any atom is 0.215 e. The first-order valence-electron chi connectivity index (χ1n) is 5.55. The van der Waals surface area contributed by atoms with Gasteiger partial charge in [0.2, 0.25) is 10.0 Å².